The van der Waals surface area contributed by atoms with Gasteiger partial charge in [0.05, 0.1) is 11.4 Å². The van der Waals surface area contributed by atoms with Crippen LogP contribution in [0.5, 0.6) is 11.5 Å². The SMILES string of the molecule is CC(C)(C)c1cc(NC(=O)Nc2ccc(Oc3ccnc(C(N)=O)c3)cc2)n(-c2cc(F)cc(F)c2)n1. The number of benzene rings is 2. The summed E-state index contributed by atoms with van der Waals surface area (Å²) < 4.78 is 34.7. The molecule has 2 heterocycles. The van der Waals surface area contributed by atoms with Crippen molar-refractivity contribution in [2.24, 2.45) is 5.73 Å². The number of primary amides is 1. The smallest absolute Gasteiger partial charge is 0.324 e. The maximum Gasteiger partial charge on any atom is 0.324 e. The molecule has 0 aliphatic carbocycles. The first-order valence-electron chi connectivity index (χ1n) is 11.2. The first-order chi connectivity index (χ1) is 17.5. The van der Waals surface area contributed by atoms with E-state index >= 15 is 0 Å². The van der Waals surface area contributed by atoms with Crippen LogP contribution >= 0.6 is 0 Å². The van der Waals surface area contributed by atoms with Crippen LogP contribution in [0.25, 0.3) is 5.69 Å². The lowest BCUT2D eigenvalue weighted by molar-refractivity contribution is 0.0995. The van der Waals surface area contributed by atoms with Gasteiger partial charge >= 0.3 is 6.03 Å². The Morgan fingerprint density at radius 2 is 1.59 bits per heavy atom. The van der Waals surface area contributed by atoms with Crippen molar-refractivity contribution in [3.8, 4) is 17.2 Å². The fourth-order valence-corrected chi connectivity index (χ4v) is 3.33. The highest BCUT2D eigenvalue weighted by Crippen LogP contribution is 2.27. The van der Waals surface area contributed by atoms with Crippen molar-refractivity contribution in [2.45, 2.75) is 26.2 Å². The molecule has 0 aliphatic rings. The molecule has 9 nitrogen and oxygen atoms in total. The minimum absolute atomic E-state index is 0.0716. The molecule has 4 aromatic rings. The average molecular weight is 507 g/mol. The number of rotatable bonds is 6. The van der Waals surface area contributed by atoms with Crippen LogP contribution in [0.15, 0.2) is 66.9 Å². The number of carbonyl (C=O) groups is 2. The molecule has 190 valence electrons. The van der Waals surface area contributed by atoms with Gasteiger partial charge in [-0.3, -0.25) is 15.1 Å². The molecular weight excluding hydrogens is 482 g/mol. The van der Waals surface area contributed by atoms with E-state index in [2.05, 4.69) is 20.7 Å². The number of hydrogen-bond donors (Lipinski definition) is 3. The lowest BCUT2D eigenvalue weighted by atomic mass is 9.92. The average Bonchev–Trinajstić information content (AvgIpc) is 3.24. The molecule has 0 saturated carbocycles. The largest absolute Gasteiger partial charge is 0.457 e. The molecule has 37 heavy (non-hydrogen) atoms. The summed E-state index contributed by atoms with van der Waals surface area (Å²) in [5.74, 6) is -1.14. The molecule has 0 spiro atoms. The van der Waals surface area contributed by atoms with E-state index in [9.17, 15) is 18.4 Å². The first kappa shape index (κ1) is 25.3. The lowest BCUT2D eigenvalue weighted by Gasteiger charge is -2.14. The van der Waals surface area contributed by atoms with Crippen LogP contribution in [0.4, 0.5) is 25.1 Å². The summed E-state index contributed by atoms with van der Waals surface area (Å²) in [4.78, 5) is 27.9. The van der Waals surface area contributed by atoms with Crippen LogP contribution in [0, 0.1) is 11.6 Å². The molecule has 2 aromatic carbocycles. The van der Waals surface area contributed by atoms with Crippen molar-refractivity contribution < 1.29 is 23.1 Å². The van der Waals surface area contributed by atoms with Crippen molar-refractivity contribution in [3.05, 3.63) is 89.9 Å². The van der Waals surface area contributed by atoms with Crippen LogP contribution in [-0.2, 0) is 5.41 Å². The Morgan fingerprint density at radius 1 is 0.919 bits per heavy atom. The van der Waals surface area contributed by atoms with Gasteiger partial charge in [0.25, 0.3) is 5.91 Å². The van der Waals surface area contributed by atoms with E-state index in [1.807, 2.05) is 20.8 Å². The van der Waals surface area contributed by atoms with Crippen molar-refractivity contribution >= 4 is 23.4 Å². The second-order valence-electron chi connectivity index (χ2n) is 9.15. The number of carbonyl (C=O) groups excluding carboxylic acids is 2. The molecule has 0 fully saturated rings. The third-order valence-electron chi connectivity index (χ3n) is 5.14. The molecule has 0 saturated heterocycles. The number of halogens is 2. The zero-order valence-corrected chi connectivity index (χ0v) is 20.3. The van der Waals surface area contributed by atoms with Gasteiger partial charge in [-0.05, 0) is 42.5 Å². The monoisotopic (exact) mass is 506 g/mol. The molecule has 4 rings (SSSR count). The summed E-state index contributed by atoms with van der Waals surface area (Å²) in [7, 11) is 0. The molecule has 0 unspecified atom stereocenters. The van der Waals surface area contributed by atoms with Crippen LogP contribution in [0.3, 0.4) is 0 Å². The zero-order valence-electron chi connectivity index (χ0n) is 20.3. The zero-order chi connectivity index (χ0) is 26.7. The van der Waals surface area contributed by atoms with Crippen molar-refractivity contribution in [1.82, 2.24) is 14.8 Å². The van der Waals surface area contributed by atoms with Gasteiger partial charge in [0.2, 0.25) is 0 Å². The quantitative estimate of drug-likeness (QED) is 0.324. The predicted octanol–water partition coefficient (Wildman–Crippen LogP) is 5.38. The van der Waals surface area contributed by atoms with Crippen LogP contribution in [0.2, 0.25) is 0 Å². The maximum absolute atomic E-state index is 13.8. The van der Waals surface area contributed by atoms with Crippen molar-refractivity contribution in [2.75, 3.05) is 10.6 Å². The minimum Gasteiger partial charge on any atom is -0.457 e. The Labute approximate surface area is 211 Å². The number of nitrogens with zero attached hydrogens (tertiary/aromatic N) is 3. The van der Waals surface area contributed by atoms with Gasteiger partial charge in [-0.15, -0.1) is 0 Å². The number of anilines is 2. The molecule has 0 aliphatic heterocycles. The van der Waals surface area contributed by atoms with E-state index < -0.39 is 23.6 Å². The van der Waals surface area contributed by atoms with Crippen molar-refractivity contribution in [1.29, 1.82) is 0 Å². The highest BCUT2D eigenvalue weighted by Gasteiger charge is 2.22. The molecule has 11 heteroatoms. The molecule has 0 atom stereocenters. The number of hydrogen-bond acceptors (Lipinski definition) is 5. The minimum atomic E-state index is -0.766. The number of pyridine rings is 1. The van der Waals surface area contributed by atoms with Gasteiger partial charge < -0.3 is 15.8 Å². The Morgan fingerprint density at radius 3 is 2.22 bits per heavy atom. The summed E-state index contributed by atoms with van der Waals surface area (Å²) in [5.41, 5.74) is 6.12. The molecule has 0 radical (unpaired) electrons. The van der Waals surface area contributed by atoms with Gasteiger partial charge in [-0.25, -0.2) is 18.3 Å². The highest BCUT2D eigenvalue weighted by molar-refractivity contribution is 5.99. The van der Waals surface area contributed by atoms with Gasteiger partial charge in [0.1, 0.15) is 34.6 Å². The Bertz CT molecular complexity index is 1440. The van der Waals surface area contributed by atoms with E-state index in [1.165, 1.54) is 16.9 Å². The molecule has 3 amide bonds. The Kier molecular flexibility index (Phi) is 6.87. The molecule has 0 bridgehead atoms. The number of urea groups is 1. The summed E-state index contributed by atoms with van der Waals surface area (Å²) in [5, 5.41) is 9.83. The number of amides is 3. The van der Waals surface area contributed by atoms with Crippen LogP contribution in [-0.4, -0.2) is 26.7 Å². The Balaban J connectivity index is 1.49. The number of aromatic nitrogens is 3. The predicted molar refractivity (Wildman–Crippen MR) is 134 cm³/mol. The summed E-state index contributed by atoms with van der Waals surface area (Å²) in [6, 6.07) is 13.5. The summed E-state index contributed by atoms with van der Waals surface area (Å²) in [6.07, 6.45) is 1.41. The highest BCUT2D eigenvalue weighted by atomic mass is 19.1. The third kappa shape index (κ3) is 6.26. The van der Waals surface area contributed by atoms with E-state index in [0.29, 0.717) is 22.9 Å². The second kappa shape index (κ2) is 10.1. The van der Waals surface area contributed by atoms with Gasteiger partial charge in [0, 0.05) is 35.5 Å². The van der Waals surface area contributed by atoms with Crippen LogP contribution < -0.4 is 21.1 Å². The normalized spacial score (nSPS) is 11.2. The van der Waals surface area contributed by atoms with E-state index in [1.54, 1.807) is 36.4 Å². The van der Waals surface area contributed by atoms with Crippen LogP contribution in [0.1, 0.15) is 37.0 Å². The lowest BCUT2D eigenvalue weighted by Crippen LogP contribution is -2.21. The first-order valence-corrected chi connectivity index (χ1v) is 11.2. The van der Waals surface area contributed by atoms with E-state index in [4.69, 9.17) is 10.5 Å². The van der Waals surface area contributed by atoms with Crippen molar-refractivity contribution in [3.63, 3.8) is 0 Å². The molecular formula is C26H24F2N6O3. The van der Waals surface area contributed by atoms with Gasteiger partial charge in [-0.1, -0.05) is 20.8 Å². The number of nitrogens with one attached hydrogen (secondary N) is 2. The summed E-state index contributed by atoms with van der Waals surface area (Å²) >= 11 is 0. The third-order valence-corrected chi connectivity index (χ3v) is 5.14. The number of nitrogens with two attached hydrogens (primary N) is 1. The van der Waals surface area contributed by atoms with E-state index in [-0.39, 0.29) is 22.6 Å². The number of ether oxygens (including phenoxy) is 1. The topological polar surface area (TPSA) is 124 Å². The van der Waals surface area contributed by atoms with Gasteiger partial charge in [0.15, 0.2) is 0 Å². The summed E-state index contributed by atoms with van der Waals surface area (Å²) in [6.45, 7) is 5.79. The maximum atomic E-state index is 13.8. The fraction of sp³-hybridized carbons (Fsp3) is 0.154. The standard InChI is InChI=1S/C26H24F2N6O3/c1-26(2,3)22-14-23(34(33-22)18-11-15(27)10-16(28)12-18)32-25(36)31-17-4-6-19(7-5-17)37-20-8-9-30-21(13-20)24(29)35/h4-14H,1-3H3,(H2,29,35)(H2,31,32,36). The fourth-order valence-electron chi connectivity index (χ4n) is 3.33. The Hall–Kier alpha value is -4.80. The van der Waals surface area contributed by atoms with E-state index in [0.717, 1.165) is 18.2 Å². The second-order valence-corrected chi connectivity index (χ2v) is 9.15. The molecule has 4 N–H and O–H groups in total. The molecule has 2 aromatic heterocycles. The van der Waals surface area contributed by atoms with Gasteiger partial charge in [-0.2, -0.15) is 5.10 Å².